The van der Waals surface area contributed by atoms with Gasteiger partial charge in [-0.2, -0.15) is 5.10 Å². The lowest BCUT2D eigenvalue weighted by atomic mass is 9.88. The maximum atomic E-state index is 6.00. The van der Waals surface area contributed by atoms with E-state index in [2.05, 4.69) is 67.6 Å². The van der Waals surface area contributed by atoms with Crippen LogP contribution >= 0.6 is 11.6 Å². The molecule has 35 heavy (non-hydrogen) atoms. The molecule has 1 aromatic heterocycles. The first kappa shape index (κ1) is 23.7. The van der Waals surface area contributed by atoms with Crippen molar-refractivity contribution in [2.45, 2.75) is 38.8 Å². The Morgan fingerprint density at radius 1 is 1.00 bits per heavy atom. The van der Waals surface area contributed by atoms with Crippen LogP contribution < -0.4 is 4.74 Å². The van der Waals surface area contributed by atoms with E-state index in [1.54, 1.807) is 0 Å². The molecule has 0 N–H and O–H groups in total. The predicted molar refractivity (Wildman–Crippen MR) is 144 cm³/mol. The SMILES string of the molecule is CC/C(=C(/c1ccc(OCCCl)cc1)c1ccc2c(cnn2C2CCCCO2)c1)c1ccccc1. The number of halogens is 1. The minimum atomic E-state index is 0.0261. The molecule has 0 amide bonds. The second-order valence-electron chi connectivity index (χ2n) is 8.82. The number of allylic oxidation sites excluding steroid dienone is 1. The van der Waals surface area contributed by atoms with Crippen LogP contribution in [0.15, 0.2) is 79.0 Å². The van der Waals surface area contributed by atoms with Crippen LogP contribution in [-0.4, -0.2) is 28.9 Å². The fraction of sp³-hybridized carbons (Fsp3) is 0.300. The molecule has 1 saturated heterocycles. The summed E-state index contributed by atoms with van der Waals surface area (Å²) in [4.78, 5) is 0. The van der Waals surface area contributed by atoms with Crippen LogP contribution in [0.2, 0.25) is 0 Å². The third-order valence-corrected chi connectivity index (χ3v) is 6.73. The molecule has 0 spiro atoms. The van der Waals surface area contributed by atoms with Crippen LogP contribution in [0.25, 0.3) is 22.0 Å². The maximum absolute atomic E-state index is 6.00. The minimum absolute atomic E-state index is 0.0261. The molecule has 5 rings (SSSR count). The van der Waals surface area contributed by atoms with E-state index >= 15 is 0 Å². The number of hydrogen-bond acceptors (Lipinski definition) is 3. The summed E-state index contributed by atoms with van der Waals surface area (Å²) in [6.07, 6.45) is 6.22. The predicted octanol–water partition coefficient (Wildman–Crippen LogP) is 7.72. The standard InChI is InChI=1S/C30H31ClN2O2/c1-2-27(22-8-4-3-5-9-22)30(23-11-14-26(15-12-23)34-19-17-31)24-13-16-28-25(20-24)21-32-33(28)29-10-6-7-18-35-29/h3-5,8-9,11-16,20-21,29H,2,6-7,10,17-19H2,1H3/b30-27+. The van der Waals surface area contributed by atoms with Gasteiger partial charge in [0, 0.05) is 12.0 Å². The van der Waals surface area contributed by atoms with E-state index < -0.39 is 0 Å². The summed E-state index contributed by atoms with van der Waals surface area (Å²) in [5.74, 6) is 1.30. The molecular weight excluding hydrogens is 456 g/mol. The van der Waals surface area contributed by atoms with Gasteiger partial charge in [-0.25, -0.2) is 4.68 Å². The quantitative estimate of drug-likeness (QED) is 0.189. The van der Waals surface area contributed by atoms with Gasteiger partial charge in [0.2, 0.25) is 0 Å². The van der Waals surface area contributed by atoms with Crippen LogP contribution in [0, 0.1) is 0 Å². The zero-order valence-corrected chi connectivity index (χ0v) is 20.9. The molecule has 4 aromatic rings. The summed E-state index contributed by atoms with van der Waals surface area (Å²) in [6.45, 7) is 3.52. The molecule has 1 aliphatic heterocycles. The van der Waals surface area contributed by atoms with Crippen molar-refractivity contribution in [2.24, 2.45) is 0 Å². The van der Waals surface area contributed by atoms with Crippen molar-refractivity contribution in [2.75, 3.05) is 19.1 Å². The molecule has 1 fully saturated rings. The summed E-state index contributed by atoms with van der Waals surface area (Å²) < 4.78 is 13.8. The molecule has 5 heteroatoms. The first-order chi connectivity index (χ1) is 17.3. The first-order valence-corrected chi connectivity index (χ1v) is 13.0. The summed E-state index contributed by atoms with van der Waals surface area (Å²) in [6, 6.07) is 25.6. The van der Waals surface area contributed by atoms with Gasteiger partial charge in [-0.1, -0.05) is 55.5 Å². The van der Waals surface area contributed by atoms with Gasteiger partial charge in [0.25, 0.3) is 0 Å². The lowest BCUT2D eigenvalue weighted by Gasteiger charge is -2.23. The Balaban J connectivity index is 1.60. The Kier molecular flexibility index (Phi) is 7.51. The van der Waals surface area contributed by atoms with E-state index in [1.807, 2.05) is 23.0 Å². The van der Waals surface area contributed by atoms with E-state index in [1.165, 1.54) is 28.7 Å². The highest BCUT2D eigenvalue weighted by atomic mass is 35.5. The van der Waals surface area contributed by atoms with Crippen molar-refractivity contribution in [3.8, 4) is 5.75 Å². The fourth-order valence-electron chi connectivity index (χ4n) is 4.91. The summed E-state index contributed by atoms with van der Waals surface area (Å²) in [5.41, 5.74) is 7.22. The fourth-order valence-corrected chi connectivity index (χ4v) is 4.99. The lowest BCUT2D eigenvalue weighted by Crippen LogP contribution is -2.18. The molecular formula is C30H31ClN2O2. The number of alkyl halides is 1. The first-order valence-electron chi connectivity index (χ1n) is 12.5. The minimum Gasteiger partial charge on any atom is -0.492 e. The number of rotatable bonds is 8. The van der Waals surface area contributed by atoms with E-state index in [4.69, 9.17) is 26.2 Å². The molecule has 1 atom stereocenters. The smallest absolute Gasteiger partial charge is 0.150 e. The zero-order valence-electron chi connectivity index (χ0n) is 20.1. The molecule has 3 aromatic carbocycles. The highest BCUT2D eigenvalue weighted by Crippen LogP contribution is 2.37. The Labute approximate surface area is 212 Å². The van der Waals surface area contributed by atoms with Crippen molar-refractivity contribution < 1.29 is 9.47 Å². The van der Waals surface area contributed by atoms with Gasteiger partial charge in [0.05, 0.1) is 17.6 Å². The van der Waals surface area contributed by atoms with Crippen molar-refractivity contribution in [1.82, 2.24) is 9.78 Å². The summed E-state index contributed by atoms with van der Waals surface area (Å²) in [7, 11) is 0. The Hall–Kier alpha value is -3.08. The van der Waals surface area contributed by atoms with Gasteiger partial charge in [-0.3, -0.25) is 0 Å². The second-order valence-corrected chi connectivity index (χ2v) is 9.20. The molecule has 4 nitrogen and oxygen atoms in total. The van der Waals surface area contributed by atoms with Crippen molar-refractivity contribution in [1.29, 1.82) is 0 Å². The van der Waals surface area contributed by atoms with Crippen LogP contribution in [0.1, 0.15) is 55.5 Å². The van der Waals surface area contributed by atoms with E-state index in [0.717, 1.165) is 48.1 Å². The molecule has 0 aliphatic carbocycles. The molecule has 2 heterocycles. The number of nitrogens with zero attached hydrogens (tertiary/aromatic N) is 2. The monoisotopic (exact) mass is 486 g/mol. The van der Waals surface area contributed by atoms with Gasteiger partial charge < -0.3 is 9.47 Å². The van der Waals surface area contributed by atoms with Gasteiger partial charge >= 0.3 is 0 Å². The van der Waals surface area contributed by atoms with Crippen molar-refractivity contribution >= 4 is 33.7 Å². The molecule has 0 bridgehead atoms. The average molecular weight is 487 g/mol. The second kappa shape index (κ2) is 11.1. The molecule has 180 valence electrons. The highest BCUT2D eigenvalue weighted by Gasteiger charge is 2.20. The zero-order chi connectivity index (χ0) is 24.0. The highest BCUT2D eigenvalue weighted by molar-refractivity contribution is 6.18. The van der Waals surface area contributed by atoms with Crippen LogP contribution in [-0.2, 0) is 4.74 Å². The van der Waals surface area contributed by atoms with Crippen molar-refractivity contribution in [3.63, 3.8) is 0 Å². The number of ether oxygens (including phenoxy) is 2. The Morgan fingerprint density at radius 2 is 1.80 bits per heavy atom. The normalized spacial score (nSPS) is 16.8. The third-order valence-electron chi connectivity index (χ3n) is 6.58. The van der Waals surface area contributed by atoms with E-state index in [0.29, 0.717) is 12.5 Å². The number of aromatic nitrogens is 2. The Morgan fingerprint density at radius 3 is 2.51 bits per heavy atom. The molecule has 0 radical (unpaired) electrons. The van der Waals surface area contributed by atoms with Crippen LogP contribution in [0.3, 0.4) is 0 Å². The van der Waals surface area contributed by atoms with Crippen LogP contribution in [0.5, 0.6) is 5.75 Å². The summed E-state index contributed by atoms with van der Waals surface area (Å²) in [5, 5.41) is 5.83. The van der Waals surface area contributed by atoms with Crippen molar-refractivity contribution in [3.05, 3.63) is 95.7 Å². The van der Waals surface area contributed by atoms with E-state index in [-0.39, 0.29) is 6.23 Å². The lowest BCUT2D eigenvalue weighted by molar-refractivity contribution is -0.0366. The van der Waals surface area contributed by atoms with Gasteiger partial charge in [-0.15, -0.1) is 11.6 Å². The molecule has 1 aliphatic rings. The number of hydrogen-bond donors (Lipinski definition) is 0. The number of benzene rings is 3. The maximum Gasteiger partial charge on any atom is 0.150 e. The van der Waals surface area contributed by atoms with Gasteiger partial charge in [0.1, 0.15) is 12.4 Å². The number of fused-ring (bicyclic) bond motifs is 1. The van der Waals surface area contributed by atoms with E-state index in [9.17, 15) is 0 Å². The van der Waals surface area contributed by atoms with Gasteiger partial charge in [-0.05, 0) is 77.8 Å². The largest absolute Gasteiger partial charge is 0.492 e. The van der Waals surface area contributed by atoms with Crippen LogP contribution in [0.4, 0.5) is 0 Å². The third kappa shape index (κ3) is 5.14. The molecule has 1 unspecified atom stereocenters. The topological polar surface area (TPSA) is 36.3 Å². The average Bonchev–Trinajstić information content (AvgIpc) is 3.35. The Bertz CT molecular complexity index is 1290. The molecule has 0 saturated carbocycles. The van der Waals surface area contributed by atoms with Gasteiger partial charge in [0.15, 0.2) is 6.23 Å². The summed E-state index contributed by atoms with van der Waals surface area (Å²) >= 11 is 5.79.